The Bertz CT molecular complexity index is 1160. The van der Waals surface area contributed by atoms with Crippen LogP contribution in [-0.2, 0) is 32.7 Å². The number of phosphoric acid groups is 1. The fraction of sp³-hybridized carbons (Fsp3) is 0.625. The average molecular weight is 752 g/mol. The van der Waals surface area contributed by atoms with Crippen molar-refractivity contribution in [2.75, 3.05) is 19.8 Å². The van der Waals surface area contributed by atoms with Gasteiger partial charge in [-0.2, -0.15) is 0 Å². The van der Waals surface area contributed by atoms with Crippen LogP contribution in [0.25, 0.3) is 0 Å². The van der Waals surface area contributed by atoms with Crippen molar-refractivity contribution in [3.05, 3.63) is 72.9 Å². The predicted octanol–water partition coefficient (Wildman–Crippen LogP) is 8.99. The molecule has 0 spiro atoms. The molecular weight excluding hydrogens is 685 g/mol. The highest BCUT2D eigenvalue weighted by molar-refractivity contribution is 7.47. The van der Waals surface area contributed by atoms with Gasteiger partial charge in [0.05, 0.1) is 13.2 Å². The van der Waals surface area contributed by atoms with Crippen molar-refractivity contribution in [2.45, 2.75) is 142 Å². The van der Waals surface area contributed by atoms with Crippen LogP contribution in [0.2, 0.25) is 0 Å². The molecule has 0 saturated carbocycles. The van der Waals surface area contributed by atoms with Gasteiger partial charge in [-0.05, 0) is 77.0 Å². The maximum Gasteiger partial charge on any atom is 0.472 e. The summed E-state index contributed by atoms with van der Waals surface area (Å²) in [6, 6.07) is -1.56. The maximum atomic E-state index is 12.3. The molecule has 0 fully saturated rings. The van der Waals surface area contributed by atoms with E-state index >= 15 is 0 Å². The third kappa shape index (κ3) is 34.0. The molecule has 1 amide bonds. The molecule has 0 aliphatic heterocycles. The van der Waals surface area contributed by atoms with E-state index < -0.39 is 57.6 Å². The Morgan fingerprint density at radius 1 is 0.615 bits per heavy atom. The molecule has 12 heteroatoms. The summed E-state index contributed by atoms with van der Waals surface area (Å²) < 4.78 is 26.7. The van der Waals surface area contributed by atoms with E-state index in [0.29, 0.717) is 12.8 Å². The Labute approximate surface area is 312 Å². The second kappa shape index (κ2) is 35.0. The Morgan fingerprint density at radius 2 is 1.06 bits per heavy atom. The van der Waals surface area contributed by atoms with E-state index in [1.54, 1.807) is 0 Å². The lowest BCUT2D eigenvalue weighted by Gasteiger charge is -2.18. The maximum absolute atomic E-state index is 12.3. The van der Waals surface area contributed by atoms with Crippen molar-refractivity contribution in [1.82, 2.24) is 5.32 Å². The fourth-order valence-corrected chi connectivity index (χ4v) is 5.35. The number of carbonyl (C=O) groups excluding carboxylic acids is 2. The summed E-state index contributed by atoms with van der Waals surface area (Å²) in [7, 11) is -4.77. The molecule has 3 atom stereocenters. The first kappa shape index (κ1) is 48.9. The van der Waals surface area contributed by atoms with Gasteiger partial charge in [-0.25, -0.2) is 9.36 Å². The number of phosphoric ester groups is 1. The number of ether oxygens (including phenoxy) is 1. The molecule has 0 aromatic carbocycles. The van der Waals surface area contributed by atoms with E-state index in [1.165, 1.54) is 0 Å². The molecule has 0 heterocycles. The summed E-state index contributed by atoms with van der Waals surface area (Å²) in [4.78, 5) is 45.7. The van der Waals surface area contributed by atoms with E-state index in [9.17, 15) is 34.1 Å². The van der Waals surface area contributed by atoms with E-state index in [-0.39, 0.29) is 12.8 Å². The normalized spacial score (nSPS) is 14.7. The second-order valence-corrected chi connectivity index (χ2v) is 13.8. The predicted molar refractivity (Wildman–Crippen MR) is 208 cm³/mol. The van der Waals surface area contributed by atoms with Crippen LogP contribution in [0.4, 0.5) is 0 Å². The van der Waals surface area contributed by atoms with Crippen molar-refractivity contribution in [2.24, 2.45) is 0 Å². The van der Waals surface area contributed by atoms with Crippen LogP contribution in [0.1, 0.15) is 129 Å². The first-order chi connectivity index (χ1) is 25.1. The molecule has 0 aliphatic rings. The zero-order valence-corrected chi connectivity index (χ0v) is 32.5. The summed E-state index contributed by atoms with van der Waals surface area (Å²) >= 11 is 0. The number of unbranched alkanes of at least 4 members (excludes halogenated alkanes) is 8. The van der Waals surface area contributed by atoms with Crippen LogP contribution in [0.15, 0.2) is 72.9 Å². The molecule has 296 valence electrons. The summed E-state index contributed by atoms with van der Waals surface area (Å²) in [5.74, 6) is -2.44. The number of hydrogen-bond acceptors (Lipinski definition) is 8. The van der Waals surface area contributed by atoms with Gasteiger partial charge in [-0.15, -0.1) is 0 Å². The number of allylic oxidation sites excluding steroid dienone is 12. The van der Waals surface area contributed by atoms with Gasteiger partial charge in [-0.3, -0.25) is 18.6 Å². The van der Waals surface area contributed by atoms with Gasteiger partial charge in [0.1, 0.15) is 12.7 Å². The molecular formula is C40H66NO10P. The van der Waals surface area contributed by atoms with Crippen LogP contribution in [0.5, 0.6) is 0 Å². The Balaban J connectivity index is 4.05. The monoisotopic (exact) mass is 751 g/mol. The number of carboxylic acid groups (broad SMARTS) is 1. The quantitative estimate of drug-likeness (QED) is 0.0216. The first-order valence-corrected chi connectivity index (χ1v) is 20.5. The number of rotatable bonds is 34. The average Bonchev–Trinajstić information content (AvgIpc) is 3.11. The number of carboxylic acids is 1. The molecule has 0 aromatic rings. The van der Waals surface area contributed by atoms with Gasteiger partial charge in [0.2, 0.25) is 5.91 Å². The minimum atomic E-state index is -4.77. The summed E-state index contributed by atoms with van der Waals surface area (Å²) in [5.41, 5.74) is 0. The number of aliphatic carboxylic acids is 1. The number of esters is 1. The zero-order chi connectivity index (χ0) is 38.5. The van der Waals surface area contributed by atoms with E-state index in [1.807, 2.05) is 0 Å². The topological polar surface area (TPSA) is 169 Å². The van der Waals surface area contributed by atoms with Gasteiger partial charge >= 0.3 is 19.8 Å². The van der Waals surface area contributed by atoms with E-state index in [0.717, 1.165) is 89.9 Å². The van der Waals surface area contributed by atoms with Crippen molar-refractivity contribution in [3.8, 4) is 0 Å². The minimum absolute atomic E-state index is 0.120. The third-order valence-electron chi connectivity index (χ3n) is 7.49. The lowest BCUT2D eigenvalue weighted by atomic mass is 10.1. The molecule has 3 unspecified atom stereocenters. The van der Waals surface area contributed by atoms with Crippen molar-refractivity contribution in [3.63, 3.8) is 0 Å². The van der Waals surface area contributed by atoms with Crippen molar-refractivity contribution >= 4 is 25.7 Å². The van der Waals surface area contributed by atoms with Gasteiger partial charge < -0.3 is 25.2 Å². The molecule has 11 nitrogen and oxygen atoms in total. The highest BCUT2D eigenvalue weighted by Crippen LogP contribution is 2.43. The van der Waals surface area contributed by atoms with Crippen LogP contribution < -0.4 is 5.32 Å². The number of carbonyl (C=O) groups is 3. The molecule has 0 saturated heterocycles. The number of amides is 1. The number of nitrogens with one attached hydrogen (secondary N) is 1. The van der Waals surface area contributed by atoms with Crippen LogP contribution >= 0.6 is 7.82 Å². The highest BCUT2D eigenvalue weighted by Gasteiger charge is 2.28. The van der Waals surface area contributed by atoms with Crippen molar-refractivity contribution < 1.29 is 47.8 Å². The van der Waals surface area contributed by atoms with Crippen LogP contribution in [-0.4, -0.2) is 64.9 Å². The molecule has 0 radical (unpaired) electrons. The fourth-order valence-electron chi connectivity index (χ4n) is 4.58. The lowest BCUT2D eigenvalue weighted by molar-refractivity contribution is -0.147. The summed E-state index contributed by atoms with van der Waals surface area (Å²) in [6.45, 7) is 2.28. The number of aliphatic hydroxyl groups is 1. The van der Waals surface area contributed by atoms with Gasteiger partial charge in [0.15, 0.2) is 6.04 Å². The van der Waals surface area contributed by atoms with Gasteiger partial charge in [-0.1, -0.05) is 112 Å². The van der Waals surface area contributed by atoms with Crippen LogP contribution in [0, 0.1) is 0 Å². The smallest absolute Gasteiger partial charge is 0.472 e. The Kier molecular flexibility index (Phi) is 32.9. The highest BCUT2D eigenvalue weighted by atomic mass is 31.2. The molecule has 0 aliphatic carbocycles. The van der Waals surface area contributed by atoms with Crippen LogP contribution in [0.3, 0.4) is 0 Å². The molecule has 0 aromatic heterocycles. The van der Waals surface area contributed by atoms with E-state index in [4.69, 9.17) is 13.8 Å². The Hall–Kier alpha value is -3.08. The zero-order valence-electron chi connectivity index (χ0n) is 31.6. The molecule has 52 heavy (non-hydrogen) atoms. The van der Waals surface area contributed by atoms with E-state index in [2.05, 4.69) is 92.1 Å². The largest absolute Gasteiger partial charge is 0.480 e. The number of hydrogen-bond donors (Lipinski definition) is 4. The SMILES string of the molecule is CC/C=C\C/C=C\C/C=C\CCCCCCCC(=O)NC(COP(=O)(O)OCC(O)COC(=O)CCCCC/C=C\C/C=C\C/C=C\CC)C(=O)O. The van der Waals surface area contributed by atoms with Gasteiger partial charge in [0, 0.05) is 12.8 Å². The standard InChI is InChI=1S/C40H66NO10P/c1-3-5-7-9-11-13-15-17-18-20-21-23-25-27-29-31-38(43)41-37(40(45)46)35-51-52(47,48)50-34-36(42)33-49-39(44)32-30-28-26-24-22-19-16-14-12-10-8-6-4-2/h5-8,11-14,17-19,22,36-37,42H,3-4,9-10,15-16,20-21,23-35H2,1-2H3,(H,41,43)(H,45,46)(H,47,48)/b7-5-,8-6-,13-11-,14-12-,18-17-,22-19-. The summed E-state index contributed by atoms with van der Waals surface area (Å²) in [5, 5.41) is 21.7. The second-order valence-electron chi connectivity index (χ2n) is 12.3. The van der Waals surface area contributed by atoms with Gasteiger partial charge in [0.25, 0.3) is 0 Å². The number of aliphatic hydroxyl groups excluding tert-OH is 1. The Morgan fingerprint density at radius 3 is 1.60 bits per heavy atom. The molecule has 4 N–H and O–H groups in total. The van der Waals surface area contributed by atoms with Crippen molar-refractivity contribution in [1.29, 1.82) is 0 Å². The third-order valence-corrected chi connectivity index (χ3v) is 8.44. The summed E-state index contributed by atoms with van der Waals surface area (Å²) in [6.07, 6.45) is 39.4. The first-order valence-electron chi connectivity index (χ1n) is 19.0. The minimum Gasteiger partial charge on any atom is -0.480 e. The molecule has 0 rings (SSSR count). The lowest BCUT2D eigenvalue weighted by Crippen LogP contribution is -2.43. The molecule has 0 bridgehead atoms.